The molecule has 2 rings (SSSR count). The van der Waals surface area contributed by atoms with Gasteiger partial charge in [0.1, 0.15) is 0 Å². The van der Waals surface area contributed by atoms with Gasteiger partial charge in [0, 0.05) is 27.8 Å². The molecule has 1 aromatic rings. The van der Waals surface area contributed by atoms with Crippen LogP contribution in [0.15, 0.2) is 24.3 Å². The maximum absolute atomic E-state index is 12.5. The predicted octanol–water partition coefficient (Wildman–Crippen LogP) is 2.63. The molecule has 100 valence electrons. The van der Waals surface area contributed by atoms with Crippen LogP contribution in [0.1, 0.15) is 30.9 Å². The maximum atomic E-state index is 12.5. The van der Waals surface area contributed by atoms with E-state index in [0.29, 0.717) is 23.0 Å². The van der Waals surface area contributed by atoms with Gasteiger partial charge >= 0.3 is 0 Å². The second kappa shape index (κ2) is 5.98. The van der Waals surface area contributed by atoms with Crippen molar-refractivity contribution in [2.45, 2.75) is 43.7 Å². The first-order chi connectivity index (χ1) is 8.61. The van der Waals surface area contributed by atoms with Crippen LogP contribution in [0, 0.1) is 12.8 Å². The highest BCUT2D eigenvalue weighted by atomic mass is 32.2. The number of rotatable bonds is 4. The zero-order valence-electron chi connectivity index (χ0n) is 11.5. The van der Waals surface area contributed by atoms with Crippen LogP contribution >= 0.6 is 0 Å². The highest BCUT2D eigenvalue weighted by molar-refractivity contribution is 7.84. The molecule has 1 fully saturated rings. The van der Waals surface area contributed by atoms with Crippen LogP contribution in [-0.4, -0.2) is 22.5 Å². The molecule has 0 radical (unpaired) electrons. The van der Waals surface area contributed by atoms with Gasteiger partial charge in [-0.2, -0.15) is 0 Å². The summed E-state index contributed by atoms with van der Waals surface area (Å²) in [4.78, 5) is 0. The van der Waals surface area contributed by atoms with E-state index >= 15 is 0 Å². The van der Waals surface area contributed by atoms with Crippen LogP contribution in [0.4, 0.5) is 0 Å². The Morgan fingerprint density at radius 1 is 1.39 bits per heavy atom. The predicted molar refractivity (Wildman–Crippen MR) is 78.1 cm³/mol. The molecule has 1 aliphatic rings. The van der Waals surface area contributed by atoms with Crippen LogP contribution < -0.4 is 5.32 Å². The first-order valence-electron chi connectivity index (χ1n) is 6.72. The molecule has 4 unspecified atom stereocenters. The van der Waals surface area contributed by atoms with E-state index in [2.05, 4.69) is 43.4 Å². The van der Waals surface area contributed by atoms with Gasteiger partial charge in [-0.15, -0.1) is 0 Å². The Morgan fingerprint density at radius 3 is 2.78 bits per heavy atom. The molecule has 1 aliphatic carbocycles. The molecular weight excluding hydrogens is 242 g/mol. The molecule has 3 heteroatoms. The Balaban J connectivity index is 2.01. The molecule has 0 heterocycles. The lowest BCUT2D eigenvalue weighted by molar-refractivity contribution is 0.460. The lowest BCUT2D eigenvalue weighted by Crippen LogP contribution is -2.32. The summed E-state index contributed by atoms with van der Waals surface area (Å²) in [6.45, 7) is 4.31. The van der Waals surface area contributed by atoms with Gasteiger partial charge < -0.3 is 5.32 Å². The van der Waals surface area contributed by atoms with E-state index in [9.17, 15) is 4.21 Å². The first kappa shape index (κ1) is 13.8. The minimum absolute atomic E-state index is 0.350. The van der Waals surface area contributed by atoms with E-state index in [-0.39, 0.29) is 0 Å². The molecule has 0 amide bonds. The first-order valence-corrected chi connectivity index (χ1v) is 8.10. The van der Waals surface area contributed by atoms with Gasteiger partial charge in [-0.3, -0.25) is 4.21 Å². The molecule has 1 N–H and O–H groups in total. The lowest BCUT2D eigenvalue weighted by Gasteiger charge is -2.20. The standard InChI is InChI=1S/C15H23NOS/c1-11-5-4-6-13(9-11)10-18(17)15-8-7-14(16-3)12(15)2/h4-6,9,12,14-16H,7-8,10H2,1-3H3. The smallest absolute Gasteiger partial charge is 0.0488 e. The average Bonchev–Trinajstić information content (AvgIpc) is 2.70. The van der Waals surface area contributed by atoms with Crippen molar-refractivity contribution in [1.82, 2.24) is 5.32 Å². The van der Waals surface area contributed by atoms with Crippen LogP contribution in [0.3, 0.4) is 0 Å². The summed E-state index contributed by atoms with van der Waals surface area (Å²) < 4.78 is 12.5. The van der Waals surface area contributed by atoms with Gasteiger partial charge in [0.15, 0.2) is 0 Å². The summed E-state index contributed by atoms with van der Waals surface area (Å²) in [5.41, 5.74) is 2.45. The summed E-state index contributed by atoms with van der Waals surface area (Å²) in [5.74, 6) is 1.22. The quantitative estimate of drug-likeness (QED) is 0.907. The van der Waals surface area contributed by atoms with Crippen molar-refractivity contribution >= 4 is 10.8 Å². The number of benzene rings is 1. The van der Waals surface area contributed by atoms with Crippen LogP contribution in [0.25, 0.3) is 0 Å². The number of hydrogen-bond donors (Lipinski definition) is 1. The normalized spacial score (nSPS) is 29.4. The highest BCUT2D eigenvalue weighted by Crippen LogP contribution is 2.30. The van der Waals surface area contributed by atoms with Crippen molar-refractivity contribution < 1.29 is 4.21 Å². The zero-order chi connectivity index (χ0) is 13.1. The lowest BCUT2D eigenvalue weighted by atomic mass is 10.1. The fraction of sp³-hybridized carbons (Fsp3) is 0.600. The second-order valence-electron chi connectivity index (χ2n) is 5.38. The van der Waals surface area contributed by atoms with Crippen molar-refractivity contribution in [3.05, 3.63) is 35.4 Å². The van der Waals surface area contributed by atoms with E-state index in [1.165, 1.54) is 11.1 Å². The Morgan fingerprint density at radius 2 is 2.17 bits per heavy atom. The molecule has 0 saturated heterocycles. The van der Waals surface area contributed by atoms with Crippen molar-refractivity contribution in [3.63, 3.8) is 0 Å². The van der Waals surface area contributed by atoms with Crippen molar-refractivity contribution in [3.8, 4) is 0 Å². The topological polar surface area (TPSA) is 29.1 Å². The fourth-order valence-electron chi connectivity index (χ4n) is 2.98. The highest BCUT2D eigenvalue weighted by Gasteiger charge is 2.35. The minimum atomic E-state index is -0.747. The molecule has 0 bridgehead atoms. The maximum Gasteiger partial charge on any atom is 0.0488 e. The van der Waals surface area contributed by atoms with E-state index in [0.717, 1.165) is 12.8 Å². The average molecular weight is 265 g/mol. The largest absolute Gasteiger partial charge is 0.317 e. The molecule has 18 heavy (non-hydrogen) atoms. The monoisotopic (exact) mass is 265 g/mol. The van der Waals surface area contributed by atoms with E-state index in [1.807, 2.05) is 7.05 Å². The SMILES string of the molecule is CNC1CCC(S(=O)Cc2cccc(C)c2)C1C. The van der Waals surface area contributed by atoms with Gasteiger partial charge in [0.2, 0.25) is 0 Å². The number of hydrogen-bond acceptors (Lipinski definition) is 2. The molecule has 2 nitrogen and oxygen atoms in total. The van der Waals surface area contributed by atoms with Crippen molar-refractivity contribution in [2.75, 3.05) is 7.05 Å². The summed E-state index contributed by atoms with van der Waals surface area (Å²) in [6.07, 6.45) is 2.24. The van der Waals surface area contributed by atoms with Crippen molar-refractivity contribution in [1.29, 1.82) is 0 Å². The second-order valence-corrected chi connectivity index (χ2v) is 7.04. The van der Waals surface area contributed by atoms with E-state index in [4.69, 9.17) is 0 Å². The van der Waals surface area contributed by atoms with E-state index < -0.39 is 10.8 Å². The van der Waals surface area contributed by atoms with Gasteiger partial charge in [0.25, 0.3) is 0 Å². The van der Waals surface area contributed by atoms with Crippen LogP contribution in [-0.2, 0) is 16.6 Å². The van der Waals surface area contributed by atoms with Gasteiger partial charge in [-0.25, -0.2) is 0 Å². The van der Waals surface area contributed by atoms with Crippen LogP contribution in [0.5, 0.6) is 0 Å². The Bertz CT molecular complexity index is 432. The summed E-state index contributed by atoms with van der Waals surface area (Å²) in [7, 11) is 1.26. The zero-order valence-corrected chi connectivity index (χ0v) is 12.3. The Hall–Kier alpha value is -0.670. The molecule has 0 spiro atoms. The fourth-order valence-corrected chi connectivity index (χ4v) is 4.77. The molecular formula is C15H23NOS. The third kappa shape index (κ3) is 3.01. The summed E-state index contributed by atoms with van der Waals surface area (Å²) in [6, 6.07) is 8.90. The summed E-state index contributed by atoms with van der Waals surface area (Å²) >= 11 is 0. The molecule has 4 atom stereocenters. The third-order valence-corrected chi connectivity index (χ3v) is 6.04. The number of aryl methyl sites for hydroxylation is 1. The van der Waals surface area contributed by atoms with E-state index in [1.54, 1.807) is 0 Å². The van der Waals surface area contributed by atoms with Gasteiger partial charge in [-0.05, 0) is 38.3 Å². The van der Waals surface area contributed by atoms with Gasteiger partial charge in [0.05, 0.1) is 0 Å². The Labute approximate surface area is 113 Å². The Kier molecular flexibility index (Phi) is 4.57. The molecule has 0 aliphatic heterocycles. The molecule has 1 saturated carbocycles. The van der Waals surface area contributed by atoms with Gasteiger partial charge in [-0.1, -0.05) is 36.8 Å². The minimum Gasteiger partial charge on any atom is -0.317 e. The number of nitrogens with one attached hydrogen (secondary N) is 1. The molecule has 0 aromatic heterocycles. The van der Waals surface area contributed by atoms with Crippen molar-refractivity contribution in [2.24, 2.45) is 5.92 Å². The third-order valence-electron chi connectivity index (χ3n) is 4.08. The molecule has 1 aromatic carbocycles. The summed E-state index contributed by atoms with van der Waals surface area (Å²) in [5, 5.41) is 3.69. The van der Waals surface area contributed by atoms with Crippen LogP contribution in [0.2, 0.25) is 0 Å².